The van der Waals surface area contributed by atoms with Gasteiger partial charge in [0, 0.05) is 0 Å². The molecule has 0 amide bonds. The minimum atomic E-state index is -5.03. The van der Waals surface area contributed by atoms with E-state index in [1.807, 2.05) is 6.08 Å². The van der Waals surface area contributed by atoms with Gasteiger partial charge in [-0.05, 0) is 87.8 Å². The third-order valence-corrected chi connectivity index (χ3v) is 7.22. The van der Waals surface area contributed by atoms with E-state index in [9.17, 15) is 22.4 Å². The van der Waals surface area contributed by atoms with Crippen molar-refractivity contribution in [2.75, 3.05) is 0 Å². The average molecular weight is 481 g/mol. The Morgan fingerprint density at radius 1 is 1.15 bits per heavy atom. The maximum Gasteiger partial charge on any atom is 0.445 e. The molecule has 0 aliphatic heterocycles. The SMILES string of the molecule is C#CC1(c2ccc(OC(=O)[C@H]3CC[C@H](CCC=C)CC3)cc2)CCC(OC(F)C(F)(F)F)CC1. The molecule has 2 fully saturated rings. The van der Waals surface area contributed by atoms with Gasteiger partial charge in [0.15, 0.2) is 0 Å². The topological polar surface area (TPSA) is 35.5 Å². The first-order valence-corrected chi connectivity index (χ1v) is 11.9. The van der Waals surface area contributed by atoms with E-state index in [-0.39, 0.29) is 24.7 Å². The molecule has 1 atom stereocenters. The number of esters is 1. The van der Waals surface area contributed by atoms with Crippen molar-refractivity contribution in [3.05, 3.63) is 42.5 Å². The number of halogens is 4. The predicted octanol–water partition coefficient (Wildman–Crippen LogP) is 7.05. The summed E-state index contributed by atoms with van der Waals surface area (Å²) in [6.07, 6.45) is 5.64. The Bertz CT molecular complexity index is 855. The van der Waals surface area contributed by atoms with Crippen molar-refractivity contribution in [2.24, 2.45) is 11.8 Å². The number of benzene rings is 1. The fourth-order valence-electron chi connectivity index (χ4n) is 5.06. The number of allylic oxidation sites excluding steroid dienone is 1. The van der Waals surface area contributed by atoms with Gasteiger partial charge in [-0.15, -0.1) is 13.0 Å². The van der Waals surface area contributed by atoms with Crippen LogP contribution < -0.4 is 4.74 Å². The predicted molar refractivity (Wildman–Crippen MR) is 122 cm³/mol. The highest BCUT2D eigenvalue weighted by molar-refractivity contribution is 5.75. The van der Waals surface area contributed by atoms with Crippen LogP contribution in [0.15, 0.2) is 36.9 Å². The summed E-state index contributed by atoms with van der Waals surface area (Å²) in [5.74, 6) is 3.56. The van der Waals surface area contributed by atoms with Gasteiger partial charge in [0.1, 0.15) is 5.75 Å². The molecule has 0 N–H and O–H groups in total. The van der Waals surface area contributed by atoms with Crippen LogP contribution in [0.1, 0.15) is 69.8 Å². The van der Waals surface area contributed by atoms with Gasteiger partial charge in [-0.2, -0.15) is 13.2 Å². The van der Waals surface area contributed by atoms with Crippen LogP contribution in [0, 0.1) is 24.2 Å². The smallest absolute Gasteiger partial charge is 0.426 e. The van der Waals surface area contributed by atoms with E-state index >= 15 is 0 Å². The van der Waals surface area contributed by atoms with Crippen LogP contribution in [-0.4, -0.2) is 24.6 Å². The van der Waals surface area contributed by atoms with Gasteiger partial charge < -0.3 is 9.47 Å². The van der Waals surface area contributed by atoms with Crippen LogP contribution in [0.25, 0.3) is 0 Å². The van der Waals surface area contributed by atoms with Gasteiger partial charge in [-0.1, -0.05) is 24.1 Å². The molecule has 34 heavy (non-hydrogen) atoms. The summed E-state index contributed by atoms with van der Waals surface area (Å²) in [6, 6.07) is 6.99. The van der Waals surface area contributed by atoms with Crippen LogP contribution in [-0.2, 0) is 14.9 Å². The Morgan fingerprint density at radius 3 is 2.29 bits per heavy atom. The van der Waals surface area contributed by atoms with Gasteiger partial charge in [-0.25, -0.2) is 4.39 Å². The van der Waals surface area contributed by atoms with Crippen molar-refractivity contribution < 1.29 is 31.8 Å². The van der Waals surface area contributed by atoms with E-state index in [4.69, 9.17) is 11.2 Å². The molecule has 1 aromatic rings. The standard InChI is InChI=1S/C27H32F4O3/c1-3-5-6-19-7-9-20(10-8-19)24(32)33-22-13-11-21(12-14-22)26(4-2)17-15-23(16-18-26)34-25(28)27(29,30)31/h2-3,11-14,19-20,23,25H,1,5-10,15-18H2/t19-,20-,23?,25?,26?. The largest absolute Gasteiger partial charge is 0.445 e. The van der Waals surface area contributed by atoms with Gasteiger partial charge in [0.2, 0.25) is 0 Å². The van der Waals surface area contributed by atoms with E-state index in [0.717, 1.165) is 44.1 Å². The normalized spacial score (nSPS) is 28.5. The van der Waals surface area contributed by atoms with E-state index in [1.54, 1.807) is 24.3 Å². The Labute approximate surface area is 198 Å². The lowest BCUT2D eigenvalue weighted by atomic mass is 9.69. The molecular weight excluding hydrogens is 448 g/mol. The number of terminal acetylenes is 1. The first-order chi connectivity index (χ1) is 16.2. The van der Waals surface area contributed by atoms with Crippen LogP contribution in [0.2, 0.25) is 0 Å². The van der Waals surface area contributed by atoms with E-state index < -0.39 is 24.1 Å². The highest BCUT2D eigenvalue weighted by Gasteiger charge is 2.44. The average Bonchev–Trinajstić information content (AvgIpc) is 2.83. The van der Waals surface area contributed by atoms with Crippen LogP contribution >= 0.6 is 0 Å². The molecule has 2 aliphatic rings. The number of ether oxygens (including phenoxy) is 2. The summed E-state index contributed by atoms with van der Waals surface area (Å²) in [4.78, 5) is 12.6. The summed E-state index contributed by atoms with van der Waals surface area (Å²) >= 11 is 0. The number of alkyl halides is 4. The molecule has 3 rings (SSSR count). The monoisotopic (exact) mass is 480 g/mol. The summed E-state index contributed by atoms with van der Waals surface area (Å²) in [6.45, 7) is 3.76. The van der Waals surface area contributed by atoms with Crippen molar-refractivity contribution in [3.63, 3.8) is 0 Å². The maximum absolute atomic E-state index is 13.2. The van der Waals surface area contributed by atoms with Gasteiger partial charge >= 0.3 is 12.1 Å². The highest BCUT2D eigenvalue weighted by Crippen LogP contribution is 2.41. The molecular formula is C27H32F4O3. The maximum atomic E-state index is 13.2. The zero-order valence-electron chi connectivity index (χ0n) is 19.3. The molecule has 1 unspecified atom stereocenters. The number of rotatable bonds is 8. The second-order valence-electron chi connectivity index (χ2n) is 9.45. The number of carbonyl (C=O) groups is 1. The van der Waals surface area contributed by atoms with Gasteiger partial charge in [0.05, 0.1) is 17.4 Å². The van der Waals surface area contributed by atoms with Crippen LogP contribution in [0.5, 0.6) is 5.75 Å². The lowest BCUT2D eigenvalue weighted by Crippen LogP contribution is -2.37. The minimum Gasteiger partial charge on any atom is -0.426 e. The number of hydrogen-bond donors (Lipinski definition) is 0. The Hall–Kier alpha value is -2.33. The fraction of sp³-hybridized carbons (Fsp3) is 0.593. The molecule has 186 valence electrons. The summed E-state index contributed by atoms with van der Waals surface area (Å²) < 4.78 is 60.6. The molecule has 2 aliphatic carbocycles. The van der Waals surface area contributed by atoms with Gasteiger partial charge in [-0.3, -0.25) is 4.79 Å². The highest BCUT2D eigenvalue weighted by atomic mass is 19.4. The first kappa shape index (κ1) is 26.3. The van der Waals surface area contributed by atoms with Crippen molar-refractivity contribution in [1.29, 1.82) is 0 Å². The van der Waals surface area contributed by atoms with Crippen molar-refractivity contribution >= 4 is 5.97 Å². The molecule has 0 aromatic heterocycles. The third kappa shape index (κ3) is 6.63. The molecule has 3 nitrogen and oxygen atoms in total. The quantitative estimate of drug-likeness (QED) is 0.131. The Kier molecular flexibility index (Phi) is 8.81. The lowest BCUT2D eigenvalue weighted by molar-refractivity contribution is -0.279. The molecule has 0 radical (unpaired) electrons. The fourth-order valence-corrected chi connectivity index (χ4v) is 5.06. The number of hydrogen-bond acceptors (Lipinski definition) is 3. The second-order valence-corrected chi connectivity index (χ2v) is 9.45. The minimum absolute atomic E-state index is 0.0944. The molecule has 7 heteroatoms. The first-order valence-electron chi connectivity index (χ1n) is 11.9. The molecule has 0 heterocycles. The second kappa shape index (κ2) is 11.4. The van der Waals surface area contributed by atoms with Crippen molar-refractivity contribution in [2.45, 2.75) is 88.3 Å². The van der Waals surface area contributed by atoms with E-state index in [0.29, 0.717) is 24.5 Å². The Morgan fingerprint density at radius 2 is 1.76 bits per heavy atom. The summed E-state index contributed by atoms with van der Waals surface area (Å²) in [5, 5.41) is 0. The van der Waals surface area contributed by atoms with Crippen LogP contribution in [0.4, 0.5) is 17.6 Å². The molecule has 1 aromatic carbocycles. The zero-order valence-corrected chi connectivity index (χ0v) is 19.3. The van der Waals surface area contributed by atoms with E-state index in [1.165, 1.54) is 0 Å². The van der Waals surface area contributed by atoms with Crippen LogP contribution in [0.3, 0.4) is 0 Å². The molecule has 0 spiro atoms. The van der Waals surface area contributed by atoms with Crippen molar-refractivity contribution in [1.82, 2.24) is 0 Å². The van der Waals surface area contributed by atoms with Gasteiger partial charge in [0.25, 0.3) is 6.36 Å². The summed E-state index contributed by atoms with van der Waals surface area (Å²) in [5.41, 5.74) is 0.152. The lowest BCUT2D eigenvalue weighted by Gasteiger charge is -2.37. The Balaban J connectivity index is 1.53. The summed E-state index contributed by atoms with van der Waals surface area (Å²) in [7, 11) is 0. The molecule has 2 saturated carbocycles. The molecule has 0 saturated heterocycles. The molecule has 0 bridgehead atoms. The third-order valence-electron chi connectivity index (χ3n) is 7.22. The number of carbonyl (C=O) groups excluding carboxylic acids is 1. The van der Waals surface area contributed by atoms with E-state index in [2.05, 4.69) is 17.2 Å². The zero-order chi connectivity index (χ0) is 24.8. The van der Waals surface area contributed by atoms with Crippen molar-refractivity contribution in [3.8, 4) is 18.1 Å².